The van der Waals surface area contributed by atoms with Gasteiger partial charge < -0.3 is 14.6 Å². The lowest BCUT2D eigenvalue weighted by atomic mass is 10.2. The normalized spacial score (nSPS) is 17.5. The minimum atomic E-state index is -0.231. The Balaban J connectivity index is 1.53. The predicted molar refractivity (Wildman–Crippen MR) is 87.2 cm³/mol. The van der Waals surface area contributed by atoms with Crippen molar-refractivity contribution >= 4 is 5.91 Å². The Hall–Kier alpha value is -2.22. The highest BCUT2D eigenvalue weighted by Gasteiger charge is 2.18. The average Bonchev–Trinajstić information content (AvgIpc) is 3.27. The molecule has 1 aliphatic heterocycles. The zero-order valence-corrected chi connectivity index (χ0v) is 14.2. The second-order valence-electron chi connectivity index (χ2n) is 6.57. The molecule has 0 bridgehead atoms. The van der Waals surface area contributed by atoms with E-state index in [1.165, 1.54) is 0 Å². The van der Waals surface area contributed by atoms with E-state index >= 15 is 0 Å². The molecule has 0 unspecified atom stereocenters. The van der Waals surface area contributed by atoms with Crippen molar-refractivity contribution in [3.8, 4) is 0 Å². The molecule has 1 N–H and O–H groups in total. The van der Waals surface area contributed by atoms with Crippen LogP contribution in [0.2, 0.25) is 0 Å². The van der Waals surface area contributed by atoms with E-state index in [2.05, 4.69) is 39.0 Å². The highest BCUT2D eigenvalue weighted by Crippen LogP contribution is 2.13. The van der Waals surface area contributed by atoms with Gasteiger partial charge in [0, 0.05) is 19.3 Å². The van der Waals surface area contributed by atoms with Crippen LogP contribution in [0.25, 0.3) is 0 Å². The van der Waals surface area contributed by atoms with Crippen LogP contribution in [-0.4, -0.2) is 43.2 Å². The van der Waals surface area contributed by atoms with E-state index in [1.807, 2.05) is 0 Å². The van der Waals surface area contributed by atoms with Gasteiger partial charge in [-0.2, -0.15) is 0 Å². The van der Waals surface area contributed by atoms with Crippen molar-refractivity contribution in [2.24, 2.45) is 5.92 Å². The minimum absolute atomic E-state index is 0.174. The molecule has 3 heterocycles. The molecule has 2 aromatic heterocycles. The third-order valence-corrected chi connectivity index (χ3v) is 3.98. The molecule has 24 heavy (non-hydrogen) atoms. The van der Waals surface area contributed by atoms with E-state index in [9.17, 15) is 4.79 Å². The fourth-order valence-corrected chi connectivity index (χ4v) is 2.80. The van der Waals surface area contributed by atoms with Gasteiger partial charge in [-0.3, -0.25) is 4.79 Å². The van der Waals surface area contributed by atoms with Crippen molar-refractivity contribution in [2.45, 2.75) is 52.4 Å². The smallest absolute Gasteiger partial charge is 0.273 e. The van der Waals surface area contributed by atoms with Gasteiger partial charge in [-0.25, -0.2) is 9.67 Å². The Morgan fingerprint density at radius 1 is 1.50 bits per heavy atom. The molecule has 2 aromatic rings. The molecular formula is C16H24N6O2. The van der Waals surface area contributed by atoms with E-state index in [-0.39, 0.29) is 12.0 Å². The van der Waals surface area contributed by atoms with E-state index < -0.39 is 0 Å². The maximum atomic E-state index is 12.2. The molecule has 1 amide bonds. The van der Waals surface area contributed by atoms with Crippen LogP contribution in [0.3, 0.4) is 0 Å². The number of carbonyl (C=O) groups is 1. The molecule has 0 spiro atoms. The summed E-state index contributed by atoms with van der Waals surface area (Å²) in [5.74, 6) is 0.289. The molecule has 1 aliphatic rings. The van der Waals surface area contributed by atoms with Gasteiger partial charge in [-0.1, -0.05) is 19.1 Å². The number of aromatic nitrogens is 5. The van der Waals surface area contributed by atoms with Crippen molar-refractivity contribution in [1.29, 1.82) is 0 Å². The van der Waals surface area contributed by atoms with Crippen molar-refractivity contribution in [1.82, 2.24) is 29.9 Å². The quantitative estimate of drug-likeness (QED) is 0.824. The maximum Gasteiger partial charge on any atom is 0.273 e. The number of imidazole rings is 1. The summed E-state index contributed by atoms with van der Waals surface area (Å²) in [5, 5.41) is 10.8. The van der Waals surface area contributed by atoms with E-state index in [4.69, 9.17) is 4.74 Å². The Labute approximate surface area is 141 Å². The lowest BCUT2D eigenvalue weighted by molar-refractivity contribution is 0.0929. The standard InChI is InChI=1S/C16H24N6O2/c1-12(2)8-21-11-17-6-13(21)7-18-16(23)15-10-22(20-19-15)9-14-4-3-5-24-14/h6,10-12,14H,3-5,7-9H2,1-2H3,(H,18,23)/t14-/m0/s1. The lowest BCUT2D eigenvalue weighted by Gasteiger charge is -2.10. The van der Waals surface area contributed by atoms with Crippen molar-refractivity contribution in [2.75, 3.05) is 6.61 Å². The minimum Gasteiger partial charge on any atom is -0.376 e. The predicted octanol–water partition coefficient (Wildman–Crippen LogP) is 1.24. The second kappa shape index (κ2) is 7.57. The van der Waals surface area contributed by atoms with Crippen LogP contribution in [0.4, 0.5) is 0 Å². The van der Waals surface area contributed by atoms with E-state index in [1.54, 1.807) is 23.4 Å². The lowest BCUT2D eigenvalue weighted by Crippen LogP contribution is -2.25. The Morgan fingerprint density at radius 2 is 2.38 bits per heavy atom. The first kappa shape index (κ1) is 16.6. The largest absolute Gasteiger partial charge is 0.376 e. The number of nitrogens with one attached hydrogen (secondary N) is 1. The molecule has 1 atom stereocenters. The second-order valence-corrected chi connectivity index (χ2v) is 6.57. The number of carbonyl (C=O) groups excluding carboxylic acids is 1. The third-order valence-electron chi connectivity index (χ3n) is 3.98. The van der Waals surface area contributed by atoms with Crippen LogP contribution in [0.1, 0.15) is 42.9 Å². The number of rotatable bonds is 7. The Kier molecular flexibility index (Phi) is 5.24. The first-order valence-electron chi connectivity index (χ1n) is 8.40. The molecule has 8 nitrogen and oxygen atoms in total. The zero-order valence-electron chi connectivity index (χ0n) is 14.2. The van der Waals surface area contributed by atoms with Crippen molar-refractivity contribution in [3.05, 3.63) is 30.1 Å². The molecule has 0 aliphatic carbocycles. The zero-order chi connectivity index (χ0) is 16.9. The van der Waals surface area contributed by atoms with E-state index in [0.717, 1.165) is 31.7 Å². The summed E-state index contributed by atoms with van der Waals surface area (Å²) < 4.78 is 9.30. The SMILES string of the molecule is CC(C)Cn1cncc1CNC(=O)c1cn(C[C@@H]2CCCO2)nn1. The van der Waals surface area contributed by atoms with Gasteiger partial charge in [0.1, 0.15) is 0 Å². The van der Waals surface area contributed by atoms with Crippen LogP contribution < -0.4 is 5.32 Å². The highest BCUT2D eigenvalue weighted by atomic mass is 16.5. The van der Waals surface area contributed by atoms with Crippen LogP contribution >= 0.6 is 0 Å². The van der Waals surface area contributed by atoms with Gasteiger partial charge in [-0.15, -0.1) is 5.10 Å². The van der Waals surface area contributed by atoms with Crippen molar-refractivity contribution < 1.29 is 9.53 Å². The summed E-state index contributed by atoms with van der Waals surface area (Å²) >= 11 is 0. The molecule has 1 saturated heterocycles. The molecule has 0 saturated carbocycles. The fourth-order valence-electron chi connectivity index (χ4n) is 2.80. The summed E-state index contributed by atoms with van der Waals surface area (Å²) in [7, 11) is 0. The molecule has 8 heteroatoms. The third kappa shape index (κ3) is 4.19. The topological polar surface area (TPSA) is 86.9 Å². The van der Waals surface area contributed by atoms with Crippen LogP contribution in [0.5, 0.6) is 0 Å². The first-order chi connectivity index (χ1) is 11.6. The Morgan fingerprint density at radius 3 is 3.12 bits per heavy atom. The molecule has 0 aromatic carbocycles. The summed E-state index contributed by atoms with van der Waals surface area (Å²) in [6.07, 6.45) is 7.52. The molecule has 3 rings (SSSR count). The molecular weight excluding hydrogens is 308 g/mol. The summed E-state index contributed by atoms with van der Waals surface area (Å²) in [4.78, 5) is 16.4. The molecule has 0 radical (unpaired) electrons. The van der Waals surface area contributed by atoms with Gasteiger partial charge in [0.25, 0.3) is 5.91 Å². The summed E-state index contributed by atoms with van der Waals surface area (Å²) in [6.45, 7) is 7.04. The molecule has 1 fully saturated rings. The molecule has 130 valence electrons. The van der Waals surface area contributed by atoms with Gasteiger partial charge in [0.15, 0.2) is 5.69 Å². The fraction of sp³-hybridized carbons (Fsp3) is 0.625. The monoisotopic (exact) mass is 332 g/mol. The number of amides is 1. The van der Waals surface area contributed by atoms with E-state index in [0.29, 0.717) is 24.7 Å². The van der Waals surface area contributed by atoms with Gasteiger partial charge in [-0.05, 0) is 18.8 Å². The highest BCUT2D eigenvalue weighted by molar-refractivity contribution is 5.91. The number of hydrogen-bond donors (Lipinski definition) is 1. The first-order valence-corrected chi connectivity index (χ1v) is 8.40. The number of nitrogens with zero attached hydrogens (tertiary/aromatic N) is 5. The summed E-state index contributed by atoms with van der Waals surface area (Å²) in [6, 6.07) is 0. The summed E-state index contributed by atoms with van der Waals surface area (Å²) in [5.41, 5.74) is 1.30. The number of ether oxygens (including phenoxy) is 1. The Bertz CT molecular complexity index is 672. The van der Waals surface area contributed by atoms with Gasteiger partial charge >= 0.3 is 0 Å². The van der Waals surface area contributed by atoms with Gasteiger partial charge in [0.05, 0.1) is 37.4 Å². The van der Waals surface area contributed by atoms with Crippen LogP contribution in [0, 0.1) is 5.92 Å². The van der Waals surface area contributed by atoms with Crippen molar-refractivity contribution in [3.63, 3.8) is 0 Å². The van der Waals surface area contributed by atoms with Crippen LogP contribution in [0.15, 0.2) is 18.7 Å². The number of hydrogen-bond acceptors (Lipinski definition) is 5. The van der Waals surface area contributed by atoms with Gasteiger partial charge in [0.2, 0.25) is 0 Å². The van der Waals surface area contributed by atoms with Crippen LogP contribution in [-0.2, 0) is 24.4 Å². The average molecular weight is 332 g/mol. The maximum absolute atomic E-state index is 12.2.